The minimum absolute atomic E-state index is 0.0610. The van der Waals surface area contributed by atoms with Crippen molar-refractivity contribution in [2.24, 2.45) is 0 Å². The molecule has 5 rings (SSSR count). The second kappa shape index (κ2) is 9.20. The lowest BCUT2D eigenvalue weighted by Gasteiger charge is -2.36. The molecule has 0 radical (unpaired) electrons. The van der Waals surface area contributed by atoms with Crippen molar-refractivity contribution in [1.82, 2.24) is 15.2 Å². The standard InChI is InChI=1S/C27H26ClN3O2/c1-33-21-10-7-19(8-11-21)26-25-22(23-17-20(28)9-12-24(23)30-25)14-16-31(26)27(32)29-15-13-18-5-3-2-4-6-18/h2-12,17,26,30H,13-16H2,1H3,(H,29,32)/t26-/m0/s1. The normalized spacial score (nSPS) is 15.3. The molecule has 3 aromatic carbocycles. The molecular formula is C27H26ClN3O2. The molecule has 2 heterocycles. The molecule has 0 saturated carbocycles. The molecule has 2 amide bonds. The number of methoxy groups -OCH3 is 1. The number of aromatic amines is 1. The summed E-state index contributed by atoms with van der Waals surface area (Å²) >= 11 is 6.29. The highest BCUT2D eigenvalue weighted by Crippen LogP contribution is 2.39. The molecule has 4 aromatic rings. The van der Waals surface area contributed by atoms with Crippen LogP contribution in [0.2, 0.25) is 5.02 Å². The molecule has 5 nitrogen and oxygen atoms in total. The third kappa shape index (κ3) is 4.29. The first-order valence-electron chi connectivity index (χ1n) is 11.2. The van der Waals surface area contributed by atoms with Crippen LogP contribution >= 0.6 is 11.6 Å². The van der Waals surface area contributed by atoms with Gasteiger partial charge in [-0.3, -0.25) is 0 Å². The molecule has 6 heteroatoms. The highest BCUT2D eigenvalue weighted by molar-refractivity contribution is 6.31. The number of amides is 2. The number of hydrogen-bond donors (Lipinski definition) is 2. The molecule has 0 fully saturated rings. The van der Waals surface area contributed by atoms with Gasteiger partial charge in [0.1, 0.15) is 5.75 Å². The Hall–Kier alpha value is -3.44. The van der Waals surface area contributed by atoms with Crippen LogP contribution in [-0.4, -0.2) is 36.1 Å². The fraction of sp³-hybridized carbons (Fsp3) is 0.222. The van der Waals surface area contributed by atoms with E-state index < -0.39 is 0 Å². The average Bonchev–Trinajstić information content (AvgIpc) is 3.22. The Morgan fingerprint density at radius 1 is 1.12 bits per heavy atom. The van der Waals surface area contributed by atoms with E-state index in [9.17, 15) is 4.79 Å². The zero-order valence-corrected chi connectivity index (χ0v) is 19.2. The van der Waals surface area contributed by atoms with Gasteiger partial charge in [0, 0.05) is 34.7 Å². The number of fused-ring (bicyclic) bond motifs is 3. The molecule has 0 spiro atoms. The lowest BCUT2D eigenvalue weighted by molar-refractivity contribution is 0.179. The van der Waals surface area contributed by atoms with E-state index in [4.69, 9.17) is 16.3 Å². The van der Waals surface area contributed by atoms with Gasteiger partial charge in [-0.05, 0) is 59.9 Å². The summed E-state index contributed by atoms with van der Waals surface area (Å²) in [4.78, 5) is 18.8. The van der Waals surface area contributed by atoms with Crippen molar-refractivity contribution < 1.29 is 9.53 Å². The fourth-order valence-corrected chi connectivity index (χ4v) is 4.84. The molecule has 0 bridgehead atoms. The van der Waals surface area contributed by atoms with Crippen molar-refractivity contribution in [3.63, 3.8) is 0 Å². The second-order valence-corrected chi connectivity index (χ2v) is 8.73. The molecular weight excluding hydrogens is 434 g/mol. The van der Waals surface area contributed by atoms with Gasteiger partial charge in [0.15, 0.2) is 0 Å². The first-order valence-corrected chi connectivity index (χ1v) is 11.5. The first-order chi connectivity index (χ1) is 16.1. The van der Waals surface area contributed by atoms with Gasteiger partial charge in [0.25, 0.3) is 0 Å². The van der Waals surface area contributed by atoms with Crippen molar-refractivity contribution in [2.75, 3.05) is 20.2 Å². The van der Waals surface area contributed by atoms with Crippen molar-refractivity contribution >= 4 is 28.5 Å². The van der Waals surface area contributed by atoms with Crippen LogP contribution < -0.4 is 10.1 Å². The Morgan fingerprint density at radius 3 is 2.67 bits per heavy atom. The summed E-state index contributed by atoms with van der Waals surface area (Å²) in [6, 6.07) is 23.8. The molecule has 1 aliphatic heterocycles. The maximum atomic E-state index is 13.3. The Bertz CT molecular complexity index is 1270. The van der Waals surface area contributed by atoms with E-state index in [1.807, 2.05) is 65.6 Å². The van der Waals surface area contributed by atoms with Crippen LogP contribution in [0.25, 0.3) is 10.9 Å². The summed E-state index contributed by atoms with van der Waals surface area (Å²) in [5.41, 5.74) is 5.54. The average molecular weight is 460 g/mol. The van der Waals surface area contributed by atoms with E-state index >= 15 is 0 Å². The van der Waals surface area contributed by atoms with E-state index in [1.165, 1.54) is 11.1 Å². The fourth-order valence-electron chi connectivity index (χ4n) is 4.67. The number of nitrogens with one attached hydrogen (secondary N) is 2. The largest absolute Gasteiger partial charge is 0.497 e. The van der Waals surface area contributed by atoms with Gasteiger partial charge in [-0.2, -0.15) is 0 Å². The first kappa shape index (κ1) is 21.4. The molecule has 0 unspecified atom stereocenters. The number of hydrogen-bond acceptors (Lipinski definition) is 2. The number of halogens is 1. The highest BCUT2D eigenvalue weighted by atomic mass is 35.5. The number of H-pyrrole nitrogens is 1. The lowest BCUT2D eigenvalue weighted by atomic mass is 9.92. The number of rotatable bonds is 5. The van der Waals surface area contributed by atoms with Crippen molar-refractivity contribution in [3.8, 4) is 5.75 Å². The molecule has 33 heavy (non-hydrogen) atoms. The molecule has 0 saturated heterocycles. The number of carbonyl (C=O) groups is 1. The zero-order chi connectivity index (χ0) is 22.8. The molecule has 1 aromatic heterocycles. The molecule has 1 aliphatic rings. The van der Waals surface area contributed by atoms with Gasteiger partial charge in [-0.1, -0.05) is 54.1 Å². The van der Waals surface area contributed by atoms with E-state index in [0.29, 0.717) is 18.1 Å². The van der Waals surface area contributed by atoms with Crippen molar-refractivity contribution in [1.29, 1.82) is 0 Å². The van der Waals surface area contributed by atoms with Crippen LogP contribution in [0.5, 0.6) is 5.75 Å². The van der Waals surface area contributed by atoms with Gasteiger partial charge < -0.3 is 19.9 Å². The molecule has 0 aliphatic carbocycles. The Labute approximate surface area is 198 Å². The summed E-state index contributed by atoms with van der Waals surface area (Å²) in [5, 5.41) is 4.96. The number of ether oxygens (including phenoxy) is 1. The predicted molar refractivity (Wildman–Crippen MR) is 132 cm³/mol. The van der Waals surface area contributed by atoms with Gasteiger partial charge in [-0.25, -0.2) is 4.79 Å². The van der Waals surface area contributed by atoms with E-state index in [-0.39, 0.29) is 12.1 Å². The van der Waals surface area contributed by atoms with Gasteiger partial charge >= 0.3 is 6.03 Å². The van der Waals surface area contributed by atoms with Crippen LogP contribution in [0.4, 0.5) is 4.79 Å². The van der Waals surface area contributed by atoms with E-state index in [1.54, 1.807) is 7.11 Å². The minimum atomic E-state index is -0.220. The summed E-state index contributed by atoms with van der Waals surface area (Å²) in [5.74, 6) is 0.789. The molecule has 1 atom stereocenters. The van der Waals surface area contributed by atoms with Gasteiger partial charge in [-0.15, -0.1) is 0 Å². The third-order valence-electron chi connectivity index (χ3n) is 6.31. The predicted octanol–water partition coefficient (Wildman–Crippen LogP) is 5.73. The monoisotopic (exact) mass is 459 g/mol. The number of aromatic nitrogens is 1. The summed E-state index contributed by atoms with van der Waals surface area (Å²) in [7, 11) is 1.65. The molecule has 168 valence electrons. The number of nitrogens with zero attached hydrogens (tertiary/aromatic N) is 1. The number of carbonyl (C=O) groups excluding carboxylic acids is 1. The SMILES string of the molecule is COc1ccc([C@H]2c3[nH]c4ccc(Cl)cc4c3CCN2C(=O)NCCc2ccccc2)cc1. The minimum Gasteiger partial charge on any atom is -0.497 e. The summed E-state index contributed by atoms with van der Waals surface area (Å²) in [6.45, 7) is 1.21. The van der Waals surface area contributed by atoms with Crippen LogP contribution in [0.15, 0.2) is 72.8 Å². The van der Waals surface area contributed by atoms with Crippen LogP contribution in [0.1, 0.15) is 28.4 Å². The Kier molecular flexibility index (Phi) is 5.97. The topological polar surface area (TPSA) is 57.4 Å². The third-order valence-corrected chi connectivity index (χ3v) is 6.55. The van der Waals surface area contributed by atoms with E-state index in [2.05, 4.69) is 22.4 Å². The van der Waals surface area contributed by atoms with Crippen LogP contribution in [0.3, 0.4) is 0 Å². The van der Waals surface area contributed by atoms with E-state index in [0.717, 1.165) is 40.8 Å². The Morgan fingerprint density at radius 2 is 1.91 bits per heavy atom. The van der Waals surface area contributed by atoms with Gasteiger partial charge in [0.2, 0.25) is 0 Å². The van der Waals surface area contributed by atoms with Crippen LogP contribution in [0, 0.1) is 0 Å². The van der Waals surface area contributed by atoms with Crippen molar-refractivity contribution in [2.45, 2.75) is 18.9 Å². The summed E-state index contributed by atoms with van der Waals surface area (Å²) < 4.78 is 5.34. The van der Waals surface area contributed by atoms with Crippen molar-refractivity contribution in [3.05, 3.63) is 100 Å². The quantitative estimate of drug-likeness (QED) is 0.400. The number of urea groups is 1. The smallest absolute Gasteiger partial charge is 0.318 e. The number of benzene rings is 3. The Balaban J connectivity index is 1.46. The zero-order valence-electron chi connectivity index (χ0n) is 18.5. The van der Waals surface area contributed by atoms with Gasteiger partial charge in [0.05, 0.1) is 13.2 Å². The summed E-state index contributed by atoms with van der Waals surface area (Å²) in [6.07, 6.45) is 1.57. The lowest BCUT2D eigenvalue weighted by Crippen LogP contribution is -2.46. The maximum absolute atomic E-state index is 13.3. The van der Waals surface area contributed by atoms with Crippen LogP contribution in [-0.2, 0) is 12.8 Å². The maximum Gasteiger partial charge on any atom is 0.318 e. The molecule has 2 N–H and O–H groups in total. The second-order valence-electron chi connectivity index (χ2n) is 8.29. The highest BCUT2D eigenvalue weighted by Gasteiger charge is 2.34.